The molecule has 0 saturated carbocycles. The Bertz CT molecular complexity index is 439. The van der Waals surface area contributed by atoms with E-state index in [1.54, 1.807) is 0 Å². The number of rotatable bonds is 5. The van der Waals surface area contributed by atoms with E-state index in [9.17, 15) is 9.59 Å². The van der Waals surface area contributed by atoms with Gasteiger partial charge in [-0.05, 0) is 36.6 Å². The van der Waals surface area contributed by atoms with E-state index in [0.717, 1.165) is 0 Å². The molecule has 5 heteroatoms. The maximum absolute atomic E-state index is 12.0. The quantitative estimate of drug-likeness (QED) is 0.795. The van der Waals surface area contributed by atoms with Crippen molar-refractivity contribution in [2.75, 3.05) is 7.11 Å². The summed E-state index contributed by atoms with van der Waals surface area (Å²) in [5.74, 6) is -0.482. The second kappa shape index (κ2) is 6.78. The van der Waals surface area contributed by atoms with Crippen molar-refractivity contribution >= 4 is 11.9 Å². The predicted octanol–water partition coefficient (Wildman–Crippen LogP) is 1.71. The zero-order valence-electron chi connectivity index (χ0n) is 11.3. The van der Waals surface area contributed by atoms with Crippen LogP contribution in [0.25, 0.3) is 0 Å². The summed E-state index contributed by atoms with van der Waals surface area (Å²) >= 11 is 0. The number of phenols is 1. The number of esters is 1. The van der Waals surface area contributed by atoms with E-state index in [1.165, 1.54) is 31.4 Å². The van der Waals surface area contributed by atoms with Crippen molar-refractivity contribution in [1.82, 2.24) is 5.32 Å². The number of carbonyl (C=O) groups excluding carboxylic acids is 2. The molecule has 0 aliphatic carbocycles. The van der Waals surface area contributed by atoms with E-state index < -0.39 is 12.0 Å². The van der Waals surface area contributed by atoms with Crippen LogP contribution >= 0.6 is 0 Å². The fourth-order valence-corrected chi connectivity index (χ4v) is 1.68. The Kier molecular flexibility index (Phi) is 5.36. The van der Waals surface area contributed by atoms with E-state index in [-0.39, 0.29) is 17.6 Å². The van der Waals surface area contributed by atoms with Crippen LogP contribution in [-0.4, -0.2) is 30.1 Å². The molecule has 0 aliphatic heterocycles. The van der Waals surface area contributed by atoms with E-state index in [1.807, 2.05) is 13.8 Å². The number of hydrogen-bond acceptors (Lipinski definition) is 4. The van der Waals surface area contributed by atoms with Crippen LogP contribution in [0.5, 0.6) is 5.75 Å². The van der Waals surface area contributed by atoms with Crippen LogP contribution in [0, 0.1) is 5.92 Å². The Labute approximate surface area is 112 Å². The molecule has 104 valence electrons. The molecule has 0 unspecified atom stereocenters. The van der Waals surface area contributed by atoms with Crippen molar-refractivity contribution in [1.29, 1.82) is 0 Å². The van der Waals surface area contributed by atoms with Gasteiger partial charge in [-0.15, -0.1) is 0 Å². The van der Waals surface area contributed by atoms with Gasteiger partial charge in [0.05, 0.1) is 7.11 Å². The van der Waals surface area contributed by atoms with E-state index in [2.05, 4.69) is 10.1 Å². The van der Waals surface area contributed by atoms with Crippen LogP contribution in [0.15, 0.2) is 24.3 Å². The second-order valence-corrected chi connectivity index (χ2v) is 4.73. The van der Waals surface area contributed by atoms with Crippen LogP contribution in [0.4, 0.5) is 0 Å². The Morgan fingerprint density at radius 1 is 1.26 bits per heavy atom. The maximum Gasteiger partial charge on any atom is 0.328 e. The van der Waals surface area contributed by atoms with Gasteiger partial charge < -0.3 is 15.2 Å². The van der Waals surface area contributed by atoms with Gasteiger partial charge in [-0.2, -0.15) is 0 Å². The third-order valence-electron chi connectivity index (χ3n) is 2.63. The normalized spacial score (nSPS) is 12.0. The first-order chi connectivity index (χ1) is 8.93. The average Bonchev–Trinajstić information content (AvgIpc) is 2.37. The van der Waals surface area contributed by atoms with Crippen LogP contribution < -0.4 is 5.32 Å². The lowest BCUT2D eigenvalue weighted by Gasteiger charge is -2.18. The highest BCUT2D eigenvalue weighted by Gasteiger charge is 2.23. The summed E-state index contributed by atoms with van der Waals surface area (Å²) in [5, 5.41) is 11.8. The van der Waals surface area contributed by atoms with Gasteiger partial charge >= 0.3 is 5.97 Å². The summed E-state index contributed by atoms with van der Waals surface area (Å²) in [4.78, 5) is 23.6. The van der Waals surface area contributed by atoms with Crippen molar-refractivity contribution in [2.45, 2.75) is 26.3 Å². The Morgan fingerprint density at radius 2 is 1.84 bits per heavy atom. The summed E-state index contributed by atoms with van der Waals surface area (Å²) < 4.78 is 4.68. The van der Waals surface area contributed by atoms with Gasteiger partial charge in [0.1, 0.15) is 11.8 Å². The van der Waals surface area contributed by atoms with Gasteiger partial charge in [-0.25, -0.2) is 4.79 Å². The minimum atomic E-state index is -0.661. The SMILES string of the molecule is COC(=O)[C@H](CC(C)C)NC(=O)c1ccc(O)cc1. The summed E-state index contributed by atoms with van der Waals surface area (Å²) in [5.41, 5.74) is 0.385. The van der Waals surface area contributed by atoms with Crippen molar-refractivity contribution in [3.05, 3.63) is 29.8 Å². The van der Waals surface area contributed by atoms with Crippen molar-refractivity contribution < 1.29 is 19.4 Å². The average molecular weight is 265 g/mol. The minimum Gasteiger partial charge on any atom is -0.508 e. The molecule has 0 aliphatic rings. The zero-order valence-corrected chi connectivity index (χ0v) is 11.3. The molecular formula is C14H19NO4. The smallest absolute Gasteiger partial charge is 0.328 e. The van der Waals surface area contributed by atoms with Gasteiger partial charge in [0, 0.05) is 5.56 Å². The number of benzene rings is 1. The molecular weight excluding hydrogens is 246 g/mol. The zero-order chi connectivity index (χ0) is 14.4. The molecule has 0 bridgehead atoms. The molecule has 0 spiro atoms. The largest absolute Gasteiger partial charge is 0.508 e. The minimum absolute atomic E-state index is 0.0863. The fraction of sp³-hybridized carbons (Fsp3) is 0.429. The lowest BCUT2D eigenvalue weighted by molar-refractivity contribution is -0.143. The highest BCUT2D eigenvalue weighted by Crippen LogP contribution is 2.11. The summed E-state index contributed by atoms with van der Waals surface area (Å²) in [6.07, 6.45) is 0.510. The highest BCUT2D eigenvalue weighted by atomic mass is 16.5. The number of hydrogen-bond donors (Lipinski definition) is 2. The number of phenolic OH excluding ortho intramolecular Hbond substituents is 1. The summed E-state index contributed by atoms with van der Waals surface area (Å²) in [7, 11) is 1.29. The maximum atomic E-state index is 12.0. The third kappa shape index (κ3) is 4.62. The lowest BCUT2D eigenvalue weighted by atomic mass is 10.0. The lowest BCUT2D eigenvalue weighted by Crippen LogP contribution is -2.42. The first kappa shape index (κ1) is 15.0. The molecule has 0 fully saturated rings. The molecule has 0 heterocycles. The van der Waals surface area contributed by atoms with Crippen LogP contribution in [0.3, 0.4) is 0 Å². The number of nitrogens with one attached hydrogen (secondary N) is 1. The molecule has 1 rings (SSSR count). The van der Waals surface area contributed by atoms with Crippen LogP contribution in [-0.2, 0) is 9.53 Å². The number of ether oxygens (including phenoxy) is 1. The van der Waals surface area contributed by atoms with Gasteiger partial charge in [0.2, 0.25) is 0 Å². The van der Waals surface area contributed by atoms with Gasteiger partial charge in [-0.3, -0.25) is 4.79 Å². The van der Waals surface area contributed by atoms with Crippen molar-refractivity contribution in [3.63, 3.8) is 0 Å². The molecule has 1 aromatic rings. The van der Waals surface area contributed by atoms with Gasteiger partial charge in [0.15, 0.2) is 0 Å². The molecule has 1 aromatic carbocycles. The molecule has 0 saturated heterocycles. The Balaban J connectivity index is 2.75. The van der Waals surface area contributed by atoms with Crippen LogP contribution in [0.2, 0.25) is 0 Å². The van der Waals surface area contributed by atoms with Gasteiger partial charge in [-0.1, -0.05) is 13.8 Å². The van der Waals surface area contributed by atoms with E-state index in [4.69, 9.17) is 5.11 Å². The molecule has 5 nitrogen and oxygen atoms in total. The van der Waals surface area contributed by atoms with Gasteiger partial charge in [0.25, 0.3) is 5.91 Å². The Hall–Kier alpha value is -2.04. The summed E-state index contributed by atoms with van der Waals surface area (Å²) in [6.45, 7) is 3.92. The molecule has 1 atom stereocenters. The molecule has 0 aromatic heterocycles. The Morgan fingerprint density at radius 3 is 2.32 bits per heavy atom. The molecule has 19 heavy (non-hydrogen) atoms. The topological polar surface area (TPSA) is 75.6 Å². The number of carbonyl (C=O) groups is 2. The standard InChI is InChI=1S/C14H19NO4/c1-9(2)8-12(14(18)19-3)15-13(17)10-4-6-11(16)7-5-10/h4-7,9,12,16H,8H2,1-3H3,(H,15,17)/t12-/m0/s1. The predicted molar refractivity (Wildman–Crippen MR) is 70.8 cm³/mol. The monoisotopic (exact) mass is 265 g/mol. The summed E-state index contributed by atoms with van der Waals surface area (Å²) in [6, 6.07) is 5.17. The number of aromatic hydroxyl groups is 1. The second-order valence-electron chi connectivity index (χ2n) is 4.73. The third-order valence-corrected chi connectivity index (χ3v) is 2.63. The highest BCUT2D eigenvalue weighted by molar-refractivity contribution is 5.96. The molecule has 1 amide bonds. The first-order valence-electron chi connectivity index (χ1n) is 6.11. The van der Waals surface area contributed by atoms with Crippen molar-refractivity contribution in [3.8, 4) is 5.75 Å². The van der Waals surface area contributed by atoms with E-state index >= 15 is 0 Å². The van der Waals surface area contributed by atoms with E-state index in [0.29, 0.717) is 12.0 Å². The molecule has 2 N–H and O–H groups in total. The van der Waals surface area contributed by atoms with Crippen LogP contribution in [0.1, 0.15) is 30.6 Å². The number of methoxy groups -OCH3 is 1. The fourth-order valence-electron chi connectivity index (χ4n) is 1.68. The first-order valence-corrected chi connectivity index (χ1v) is 6.11. The number of amides is 1. The van der Waals surface area contributed by atoms with Crippen molar-refractivity contribution in [2.24, 2.45) is 5.92 Å². The molecule has 0 radical (unpaired) electrons.